The summed E-state index contributed by atoms with van der Waals surface area (Å²) in [6.45, 7) is 0. The van der Waals surface area contributed by atoms with Crippen LogP contribution in [-0.2, 0) is 0 Å². The molecule has 0 bridgehead atoms. The van der Waals surface area contributed by atoms with Crippen LogP contribution in [0.25, 0.3) is 0 Å². The Hall–Kier alpha value is -0.120. The molecule has 1 atom stereocenters. The van der Waals surface area contributed by atoms with E-state index < -0.39 is 0 Å². The summed E-state index contributed by atoms with van der Waals surface area (Å²) in [7, 11) is 0. The molecule has 92 valence electrons. The maximum atomic E-state index is 3.89. The van der Waals surface area contributed by atoms with Crippen LogP contribution in [0.4, 0.5) is 0 Å². The lowest BCUT2D eigenvalue weighted by atomic mass is 10.0. The van der Waals surface area contributed by atoms with Gasteiger partial charge in [0.2, 0.25) is 0 Å². The fourth-order valence-electron chi connectivity index (χ4n) is 2.66. The average Bonchev–Trinajstić information content (AvgIpc) is 2.40. The average molecular weight is 265 g/mol. The lowest BCUT2D eigenvalue weighted by Crippen LogP contribution is -2.36. The van der Waals surface area contributed by atoms with Gasteiger partial charge in [0.25, 0.3) is 0 Å². The van der Waals surface area contributed by atoms with Crippen molar-refractivity contribution >= 4 is 23.5 Å². The van der Waals surface area contributed by atoms with Gasteiger partial charge in [-0.3, -0.25) is 0 Å². The molecule has 2 aliphatic heterocycles. The minimum absolute atomic E-state index is 0.598. The summed E-state index contributed by atoms with van der Waals surface area (Å²) in [4.78, 5) is 1.49. The van der Waals surface area contributed by atoms with Crippen LogP contribution in [0.1, 0.15) is 30.9 Å². The molecule has 1 unspecified atom stereocenters. The van der Waals surface area contributed by atoms with E-state index in [-0.39, 0.29) is 0 Å². The molecule has 1 N–H and O–H groups in total. The van der Waals surface area contributed by atoms with Crippen molar-refractivity contribution in [3.8, 4) is 0 Å². The van der Waals surface area contributed by atoms with Crippen LogP contribution in [-0.4, -0.2) is 23.3 Å². The fourth-order valence-corrected chi connectivity index (χ4v) is 4.90. The quantitative estimate of drug-likeness (QED) is 0.875. The Bertz CT molecular complexity index is 374. The predicted molar refractivity (Wildman–Crippen MR) is 78.0 cm³/mol. The first-order valence-corrected chi connectivity index (χ1v) is 8.63. The van der Waals surface area contributed by atoms with Crippen molar-refractivity contribution in [3.05, 3.63) is 29.8 Å². The molecular formula is C14H19NS2. The maximum absolute atomic E-state index is 3.89. The molecule has 0 amide bonds. The highest BCUT2D eigenvalue weighted by Gasteiger charge is 2.23. The summed E-state index contributed by atoms with van der Waals surface area (Å²) >= 11 is 4.11. The van der Waals surface area contributed by atoms with Crippen LogP contribution in [0, 0.1) is 0 Å². The van der Waals surface area contributed by atoms with E-state index in [4.69, 9.17) is 0 Å². The zero-order valence-electron chi connectivity index (χ0n) is 10.0. The minimum Gasteiger partial charge on any atom is -0.307 e. The Morgan fingerprint density at radius 2 is 1.82 bits per heavy atom. The van der Waals surface area contributed by atoms with Crippen molar-refractivity contribution in [1.82, 2.24) is 5.32 Å². The topological polar surface area (TPSA) is 12.0 Å². The van der Waals surface area contributed by atoms with Gasteiger partial charge in [-0.2, -0.15) is 11.8 Å². The largest absolute Gasteiger partial charge is 0.307 e. The number of hydrogen-bond acceptors (Lipinski definition) is 3. The monoisotopic (exact) mass is 265 g/mol. The predicted octanol–water partition coefficient (Wildman–Crippen LogP) is 3.71. The maximum Gasteiger partial charge on any atom is 0.0341 e. The molecule has 1 aromatic rings. The van der Waals surface area contributed by atoms with Gasteiger partial charge < -0.3 is 5.32 Å². The Morgan fingerprint density at radius 3 is 2.71 bits per heavy atom. The van der Waals surface area contributed by atoms with E-state index in [0.717, 1.165) is 6.04 Å². The molecule has 0 spiro atoms. The summed E-state index contributed by atoms with van der Waals surface area (Å²) in [5.74, 6) is 3.93. The summed E-state index contributed by atoms with van der Waals surface area (Å²) in [6.07, 6.45) is 3.97. The van der Waals surface area contributed by atoms with Crippen LogP contribution < -0.4 is 5.32 Å². The van der Waals surface area contributed by atoms with Gasteiger partial charge in [-0.25, -0.2) is 0 Å². The van der Waals surface area contributed by atoms with E-state index >= 15 is 0 Å². The Kier molecular flexibility index (Phi) is 3.99. The van der Waals surface area contributed by atoms with Gasteiger partial charge in [-0.15, -0.1) is 11.8 Å². The van der Waals surface area contributed by atoms with Gasteiger partial charge in [-0.05, 0) is 48.2 Å². The zero-order valence-corrected chi connectivity index (χ0v) is 11.7. The van der Waals surface area contributed by atoms with E-state index in [1.807, 2.05) is 11.8 Å². The van der Waals surface area contributed by atoms with Crippen LogP contribution in [0.5, 0.6) is 0 Å². The third-order valence-corrected chi connectivity index (χ3v) is 5.79. The molecule has 1 fully saturated rings. The number of rotatable bonds is 2. The third kappa shape index (κ3) is 2.83. The lowest BCUT2D eigenvalue weighted by molar-refractivity contribution is 0.402. The third-order valence-electron chi connectivity index (χ3n) is 3.62. The van der Waals surface area contributed by atoms with Crippen molar-refractivity contribution < 1.29 is 0 Å². The Morgan fingerprint density at radius 1 is 1.00 bits per heavy atom. The van der Waals surface area contributed by atoms with E-state index in [1.165, 1.54) is 47.0 Å². The van der Waals surface area contributed by atoms with Crippen LogP contribution in [0.2, 0.25) is 0 Å². The highest BCUT2D eigenvalue weighted by Crippen LogP contribution is 2.36. The minimum atomic E-state index is 0.598. The van der Waals surface area contributed by atoms with Gasteiger partial charge in [0, 0.05) is 17.0 Å². The first-order valence-electron chi connectivity index (χ1n) is 6.49. The fraction of sp³-hybridized carbons (Fsp3) is 0.571. The van der Waals surface area contributed by atoms with Gasteiger partial charge in [0.1, 0.15) is 0 Å². The molecule has 3 rings (SSSR count). The van der Waals surface area contributed by atoms with E-state index in [9.17, 15) is 0 Å². The molecule has 0 radical (unpaired) electrons. The molecule has 0 aliphatic carbocycles. The number of fused-ring (bicyclic) bond motifs is 1. The highest BCUT2D eigenvalue weighted by atomic mass is 32.2. The zero-order chi connectivity index (χ0) is 11.5. The second-order valence-corrected chi connectivity index (χ2v) is 7.14. The molecule has 1 aromatic carbocycles. The molecule has 2 aliphatic rings. The van der Waals surface area contributed by atoms with Crippen LogP contribution in [0.15, 0.2) is 29.2 Å². The second-order valence-electron chi connectivity index (χ2n) is 4.78. The van der Waals surface area contributed by atoms with Gasteiger partial charge in [0.15, 0.2) is 0 Å². The SMILES string of the molecule is c1ccc2c(c1)SCCC2NC1CCSCC1. The van der Waals surface area contributed by atoms with Crippen molar-refractivity contribution in [2.75, 3.05) is 17.3 Å². The number of nitrogens with one attached hydrogen (secondary N) is 1. The normalized spacial score (nSPS) is 25.5. The molecule has 0 aromatic heterocycles. The van der Waals surface area contributed by atoms with Gasteiger partial charge in [0.05, 0.1) is 0 Å². The lowest BCUT2D eigenvalue weighted by Gasteiger charge is -2.32. The van der Waals surface area contributed by atoms with Crippen molar-refractivity contribution in [3.63, 3.8) is 0 Å². The standard InChI is InChI=1S/C14H19NS2/c1-2-4-14-12(3-1)13(7-10-17-14)15-11-5-8-16-9-6-11/h1-4,11,13,15H,5-10H2. The van der Waals surface area contributed by atoms with Gasteiger partial charge in [-0.1, -0.05) is 18.2 Å². The summed E-state index contributed by atoms with van der Waals surface area (Å²) in [6, 6.07) is 10.3. The van der Waals surface area contributed by atoms with Crippen molar-refractivity contribution in [1.29, 1.82) is 0 Å². The first kappa shape index (κ1) is 11.9. The molecule has 2 heterocycles. The summed E-state index contributed by atoms with van der Waals surface area (Å²) in [5.41, 5.74) is 1.53. The van der Waals surface area contributed by atoms with E-state index in [2.05, 4.69) is 41.3 Å². The van der Waals surface area contributed by atoms with E-state index in [0.29, 0.717) is 6.04 Å². The van der Waals surface area contributed by atoms with Crippen molar-refractivity contribution in [2.45, 2.75) is 36.2 Å². The summed E-state index contributed by atoms with van der Waals surface area (Å²) in [5, 5.41) is 3.89. The van der Waals surface area contributed by atoms with Crippen LogP contribution >= 0.6 is 23.5 Å². The molecule has 1 saturated heterocycles. The van der Waals surface area contributed by atoms with Crippen LogP contribution in [0.3, 0.4) is 0 Å². The van der Waals surface area contributed by atoms with Gasteiger partial charge >= 0.3 is 0 Å². The summed E-state index contributed by atoms with van der Waals surface area (Å²) < 4.78 is 0. The number of benzene rings is 1. The highest BCUT2D eigenvalue weighted by molar-refractivity contribution is 7.99. The second kappa shape index (κ2) is 5.68. The number of thioether (sulfide) groups is 2. The Balaban J connectivity index is 1.71. The molecule has 1 nitrogen and oxygen atoms in total. The first-order chi connectivity index (χ1) is 8.43. The number of hydrogen-bond donors (Lipinski definition) is 1. The van der Waals surface area contributed by atoms with E-state index in [1.54, 1.807) is 0 Å². The van der Waals surface area contributed by atoms with Crippen molar-refractivity contribution in [2.24, 2.45) is 0 Å². The molecular weight excluding hydrogens is 246 g/mol. The molecule has 17 heavy (non-hydrogen) atoms. The Labute approximate surface area is 112 Å². The smallest absolute Gasteiger partial charge is 0.0341 e. The molecule has 3 heteroatoms. The molecule has 0 saturated carbocycles.